The van der Waals surface area contributed by atoms with Gasteiger partial charge >= 0.3 is 0 Å². The minimum Gasteiger partial charge on any atom is -0.507 e. The van der Waals surface area contributed by atoms with E-state index in [-0.39, 0.29) is 10.8 Å². The highest BCUT2D eigenvalue weighted by Gasteiger charge is 2.27. The highest BCUT2D eigenvalue weighted by atomic mass is 32.2. The van der Waals surface area contributed by atoms with E-state index < -0.39 is 0 Å². The molecule has 123 valence electrons. The molecule has 0 aliphatic heterocycles. The molecule has 22 heavy (non-hydrogen) atoms. The number of thioether (sulfide) groups is 1. The van der Waals surface area contributed by atoms with Crippen LogP contribution in [0.5, 0.6) is 5.75 Å². The molecule has 1 aromatic rings. The molecule has 1 nitrogen and oxygen atoms in total. The smallest absolute Gasteiger partial charge is 0.123 e. The van der Waals surface area contributed by atoms with E-state index in [1.807, 2.05) is 11.8 Å². The van der Waals surface area contributed by atoms with Gasteiger partial charge in [0, 0.05) is 21.3 Å². The normalized spacial score (nSPS) is 17.7. The molecule has 1 saturated carbocycles. The highest BCUT2D eigenvalue weighted by molar-refractivity contribution is 8.00. The van der Waals surface area contributed by atoms with Gasteiger partial charge in [-0.15, -0.1) is 11.8 Å². The SMILES string of the molecule is CC(C)(C)c1cc(SC2[CH]CCCC2)cc(C(C)(C)C)c1O. The van der Waals surface area contributed by atoms with Crippen LogP contribution in [-0.4, -0.2) is 10.4 Å². The molecule has 2 rings (SSSR count). The Kier molecular flexibility index (Phi) is 5.21. The van der Waals surface area contributed by atoms with Gasteiger partial charge < -0.3 is 5.11 Å². The van der Waals surface area contributed by atoms with Gasteiger partial charge in [0.15, 0.2) is 0 Å². The van der Waals surface area contributed by atoms with Crippen molar-refractivity contribution in [2.75, 3.05) is 0 Å². The number of benzene rings is 1. The van der Waals surface area contributed by atoms with Gasteiger partial charge in [0.1, 0.15) is 5.75 Å². The van der Waals surface area contributed by atoms with Crippen LogP contribution in [0.1, 0.15) is 78.4 Å². The summed E-state index contributed by atoms with van der Waals surface area (Å²) < 4.78 is 0. The van der Waals surface area contributed by atoms with Gasteiger partial charge in [-0.2, -0.15) is 0 Å². The summed E-state index contributed by atoms with van der Waals surface area (Å²) in [4.78, 5) is 1.30. The summed E-state index contributed by atoms with van der Waals surface area (Å²) in [7, 11) is 0. The third kappa shape index (κ3) is 4.22. The Bertz CT molecular complexity index is 478. The zero-order valence-corrected chi connectivity index (χ0v) is 15.8. The fraction of sp³-hybridized carbons (Fsp3) is 0.650. The molecule has 0 bridgehead atoms. The Morgan fingerprint density at radius 1 is 0.955 bits per heavy atom. The molecule has 1 atom stereocenters. The summed E-state index contributed by atoms with van der Waals surface area (Å²) in [5.41, 5.74) is 2.05. The fourth-order valence-electron chi connectivity index (χ4n) is 3.01. The maximum atomic E-state index is 10.8. The van der Waals surface area contributed by atoms with E-state index in [4.69, 9.17) is 0 Å². The van der Waals surface area contributed by atoms with Crippen LogP contribution in [0.4, 0.5) is 0 Å². The molecule has 1 N–H and O–H groups in total. The van der Waals surface area contributed by atoms with Gasteiger partial charge in [0.05, 0.1) is 0 Å². The molecular formula is C20H31OS. The molecule has 0 amide bonds. The van der Waals surface area contributed by atoms with Crippen molar-refractivity contribution in [3.63, 3.8) is 0 Å². The molecule has 2 heteroatoms. The fourth-order valence-corrected chi connectivity index (χ4v) is 4.25. The van der Waals surface area contributed by atoms with E-state index in [0.717, 1.165) is 11.1 Å². The molecule has 1 fully saturated rings. The van der Waals surface area contributed by atoms with Gasteiger partial charge in [-0.3, -0.25) is 0 Å². The van der Waals surface area contributed by atoms with Crippen LogP contribution in [-0.2, 0) is 10.8 Å². The van der Waals surface area contributed by atoms with Crippen molar-refractivity contribution in [2.45, 2.75) is 88.2 Å². The predicted molar refractivity (Wildman–Crippen MR) is 97.9 cm³/mol. The number of phenols is 1. The van der Waals surface area contributed by atoms with Crippen molar-refractivity contribution < 1.29 is 5.11 Å². The molecule has 0 saturated heterocycles. The van der Waals surface area contributed by atoms with E-state index in [0.29, 0.717) is 11.0 Å². The quantitative estimate of drug-likeness (QED) is 0.697. The number of hydrogen-bond acceptors (Lipinski definition) is 2. The molecule has 0 spiro atoms. The molecule has 1 aromatic carbocycles. The van der Waals surface area contributed by atoms with Gasteiger partial charge in [0.2, 0.25) is 0 Å². The van der Waals surface area contributed by atoms with Crippen LogP contribution in [0.25, 0.3) is 0 Å². The average Bonchev–Trinajstić information content (AvgIpc) is 2.39. The van der Waals surface area contributed by atoms with E-state index in [1.54, 1.807) is 0 Å². The first-order valence-electron chi connectivity index (χ1n) is 8.47. The third-order valence-corrected chi connectivity index (χ3v) is 5.60. The summed E-state index contributed by atoms with van der Waals surface area (Å²) in [6.07, 6.45) is 7.67. The maximum absolute atomic E-state index is 10.8. The first kappa shape index (κ1) is 17.7. The van der Waals surface area contributed by atoms with Crippen LogP contribution < -0.4 is 0 Å². The van der Waals surface area contributed by atoms with Crippen LogP contribution in [0.2, 0.25) is 0 Å². The van der Waals surface area contributed by atoms with Crippen molar-refractivity contribution in [1.29, 1.82) is 0 Å². The van der Waals surface area contributed by atoms with Crippen molar-refractivity contribution >= 4 is 11.8 Å². The predicted octanol–water partition coefficient (Wildman–Crippen LogP) is 6.23. The van der Waals surface area contributed by atoms with E-state index in [1.165, 1.54) is 30.6 Å². The van der Waals surface area contributed by atoms with Gasteiger partial charge in [-0.05, 0) is 42.2 Å². The number of rotatable bonds is 2. The van der Waals surface area contributed by atoms with Crippen LogP contribution in [0, 0.1) is 6.42 Å². The van der Waals surface area contributed by atoms with Crippen molar-refractivity contribution in [2.24, 2.45) is 0 Å². The zero-order valence-electron chi connectivity index (χ0n) is 15.0. The second kappa shape index (κ2) is 6.47. The summed E-state index contributed by atoms with van der Waals surface area (Å²) in [6.45, 7) is 13.1. The molecular weight excluding hydrogens is 288 g/mol. The van der Waals surface area contributed by atoms with Crippen LogP contribution >= 0.6 is 11.8 Å². The lowest BCUT2D eigenvalue weighted by Crippen LogP contribution is -2.17. The summed E-state index contributed by atoms with van der Waals surface area (Å²) in [5.74, 6) is 0.483. The Balaban J connectivity index is 2.41. The molecule has 0 heterocycles. The number of hydrogen-bond donors (Lipinski definition) is 1. The van der Waals surface area contributed by atoms with Crippen LogP contribution in [0.15, 0.2) is 17.0 Å². The molecule has 1 aliphatic carbocycles. The van der Waals surface area contributed by atoms with E-state index >= 15 is 0 Å². The first-order chi connectivity index (χ1) is 10.1. The minimum absolute atomic E-state index is 0.0447. The lowest BCUT2D eigenvalue weighted by molar-refractivity contribution is 0.422. The van der Waals surface area contributed by atoms with Gasteiger partial charge in [-0.1, -0.05) is 54.4 Å². The second-order valence-corrected chi connectivity index (χ2v) is 9.86. The standard InChI is InChI=1S/C20H31OS/c1-19(2,3)16-12-15(22-14-10-8-7-9-11-14)13-17(18(16)21)20(4,5)6/h10,12-14,21H,7-9,11H2,1-6H3. The van der Waals surface area contributed by atoms with Crippen LogP contribution in [0.3, 0.4) is 0 Å². The van der Waals surface area contributed by atoms with Gasteiger partial charge in [-0.25, -0.2) is 0 Å². The largest absolute Gasteiger partial charge is 0.507 e. The Morgan fingerprint density at radius 2 is 1.50 bits per heavy atom. The molecule has 0 aromatic heterocycles. The lowest BCUT2D eigenvalue weighted by Gasteiger charge is -2.29. The Hall–Kier alpha value is -0.630. The number of aromatic hydroxyl groups is 1. The van der Waals surface area contributed by atoms with E-state index in [2.05, 4.69) is 60.1 Å². The van der Waals surface area contributed by atoms with Gasteiger partial charge in [0.25, 0.3) is 0 Å². The van der Waals surface area contributed by atoms with Crippen molar-refractivity contribution in [3.8, 4) is 5.75 Å². The van der Waals surface area contributed by atoms with E-state index in [9.17, 15) is 5.11 Å². The second-order valence-electron chi connectivity index (χ2n) is 8.54. The highest BCUT2D eigenvalue weighted by Crippen LogP contribution is 2.43. The summed E-state index contributed by atoms with van der Waals surface area (Å²) in [5, 5.41) is 11.4. The average molecular weight is 320 g/mol. The molecule has 1 aliphatic rings. The summed E-state index contributed by atoms with van der Waals surface area (Å²) >= 11 is 1.97. The lowest BCUT2D eigenvalue weighted by atomic mass is 9.79. The monoisotopic (exact) mass is 319 g/mol. The Labute approximate surface area is 140 Å². The zero-order chi connectivity index (χ0) is 16.5. The minimum atomic E-state index is -0.0447. The Morgan fingerprint density at radius 3 is 1.91 bits per heavy atom. The first-order valence-corrected chi connectivity index (χ1v) is 9.35. The number of phenolic OH excluding ortho intramolecular Hbond substituents is 1. The van der Waals surface area contributed by atoms with Crippen molar-refractivity contribution in [1.82, 2.24) is 0 Å². The third-order valence-electron chi connectivity index (χ3n) is 4.36. The maximum Gasteiger partial charge on any atom is 0.123 e. The topological polar surface area (TPSA) is 20.2 Å². The van der Waals surface area contributed by atoms with Crippen molar-refractivity contribution in [3.05, 3.63) is 29.7 Å². The summed E-state index contributed by atoms with van der Waals surface area (Å²) in [6, 6.07) is 4.41. The molecule has 1 radical (unpaired) electrons. The molecule has 1 unspecified atom stereocenters.